The fourth-order valence-corrected chi connectivity index (χ4v) is 4.48. The number of thioether (sulfide) groups is 1. The van der Waals surface area contributed by atoms with E-state index in [0.29, 0.717) is 31.7 Å². The Morgan fingerprint density at radius 2 is 1.69 bits per heavy atom. The third kappa shape index (κ3) is 3.46. The van der Waals surface area contributed by atoms with Crippen LogP contribution < -0.4 is 0 Å². The minimum Gasteiger partial charge on any atom is -0.335 e. The number of fused-ring (bicyclic) bond motifs is 1. The van der Waals surface area contributed by atoms with Gasteiger partial charge >= 0.3 is 0 Å². The molecule has 6 heteroatoms. The minimum absolute atomic E-state index is 0.0176. The number of pyridine rings is 1. The Balaban J connectivity index is 1.40. The Bertz CT molecular complexity index is 817. The van der Waals surface area contributed by atoms with Gasteiger partial charge in [-0.25, -0.2) is 0 Å². The Morgan fingerprint density at radius 1 is 0.962 bits per heavy atom. The van der Waals surface area contributed by atoms with Gasteiger partial charge < -0.3 is 9.80 Å². The molecule has 0 bridgehead atoms. The highest BCUT2D eigenvalue weighted by atomic mass is 32.2. The topological polar surface area (TPSA) is 53.5 Å². The van der Waals surface area contributed by atoms with Crippen molar-refractivity contribution < 1.29 is 9.59 Å². The van der Waals surface area contributed by atoms with E-state index >= 15 is 0 Å². The van der Waals surface area contributed by atoms with E-state index in [1.54, 1.807) is 29.4 Å². The monoisotopic (exact) mass is 367 g/mol. The molecule has 2 aliphatic heterocycles. The van der Waals surface area contributed by atoms with Gasteiger partial charge in [0.05, 0.1) is 5.56 Å². The number of amides is 2. The maximum Gasteiger partial charge on any atom is 0.255 e. The van der Waals surface area contributed by atoms with E-state index in [0.717, 1.165) is 17.7 Å². The fraction of sp³-hybridized carbons (Fsp3) is 0.350. The molecule has 2 aliphatic rings. The molecule has 0 spiro atoms. The summed E-state index contributed by atoms with van der Waals surface area (Å²) in [5.74, 6) is 1.21. The number of piperazine rings is 1. The lowest BCUT2D eigenvalue weighted by Gasteiger charge is -2.35. The first-order chi connectivity index (χ1) is 12.7. The van der Waals surface area contributed by atoms with Gasteiger partial charge in [0, 0.05) is 49.0 Å². The van der Waals surface area contributed by atoms with Crippen LogP contribution in [0.2, 0.25) is 0 Å². The van der Waals surface area contributed by atoms with Crippen LogP contribution in [0.5, 0.6) is 0 Å². The number of aryl methyl sites for hydroxylation is 1. The van der Waals surface area contributed by atoms with Crippen LogP contribution in [0.15, 0.2) is 47.6 Å². The number of hydrogen-bond acceptors (Lipinski definition) is 4. The molecule has 0 atom stereocenters. The van der Waals surface area contributed by atoms with Crippen LogP contribution in [0.3, 0.4) is 0 Å². The molecular weight excluding hydrogens is 346 g/mol. The van der Waals surface area contributed by atoms with Gasteiger partial charge in [-0.1, -0.05) is 0 Å². The van der Waals surface area contributed by atoms with Gasteiger partial charge in [-0.3, -0.25) is 14.6 Å². The van der Waals surface area contributed by atoms with Crippen LogP contribution in [-0.4, -0.2) is 58.5 Å². The highest BCUT2D eigenvalue weighted by Crippen LogP contribution is 2.30. The number of hydrogen-bond donors (Lipinski definition) is 0. The second kappa shape index (κ2) is 7.50. The third-order valence-electron chi connectivity index (χ3n) is 4.92. The first-order valence-electron chi connectivity index (χ1n) is 8.97. The van der Waals surface area contributed by atoms with Gasteiger partial charge in [0.25, 0.3) is 11.8 Å². The first-order valence-corrected chi connectivity index (χ1v) is 9.95. The zero-order chi connectivity index (χ0) is 17.9. The number of benzene rings is 1. The lowest BCUT2D eigenvalue weighted by atomic mass is 10.0. The second-order valence-corrected chi connectivity index (χ2v) is 7.74. The smallest absolute Gasteiger partial charge is 0.255 e. The Kier molecular flexibility index (Phi) is 4.93. The molecule has 1 fully saturated rings. The van der Waals surface area contributed by atoms with E-state index in [-0.39, 0.29) is 11.8 Å². The molecule has 1 aromatic heterocycles. The molecule has 3 heterocycles. The van der Waals surface area contributed by atoms with E-state index in [4.69, 9.17) is 0 Å². The highest BCUT2D eigenvalue weighted by Gasteiger charge is 2.26. The van der Waals surface area contributed by atoms with Crippen LogP contribution in [-0.2, 0) is 6.42 Å². The van der Waals surface area contributed by atoms with Crippen molar-refractivity contribution in [2.75, 3.05) is 31.9 Å². The van der Waals surface area contributed by atoms with Gasteiger partial charge in [-0.15, -0.1) is 11.8 Å². The highest BCUT2D eigenvalue weighted by molar-refractivity contribution is 7.99. The van der Waals surface area contributed by atoms with Crippen LogP contribution in [0.1, 0.15) is 32.7 Å². The minimum atomic E-state index is -0.0176. The summed E-state index contributed by atoms with van der Waals surface area (Å²) in [6.07, 6.45) is 5.47. The molecule has 4 rings (SSSR count). The van der Waals surface area contributed by atoms with Crippen molar-refractivity contribution >= 4 is 23.6 Å². The third-order valence-corrected chi connectivity index (χ3v) is 6.12. The summed E-state index contributed by atoms with van der Waals surface area (Å²) in [6, 6.07) is 9.61. The molecule has 0 radical (unpaired) electrons. The molecule has 0 unspecified atom stereocenters. The number of nitrogens with zero attached hydrogens (tertiary/aromatic N) is 3. The van der Waals surface area contributed by atoms with Crippen molar-refractivity contribution in [3.05, 3.63) is 59.4 Å². The Morgan fingerprint density at radius 3 is 2.38 bits per heavy atom. The molecule has 2 amide bonds. The van der Waals surface area contributed by atoms with E-state index in [1.165, 1.54) is 16.9 Å². The molecule has 0 saturated carbocycles. The lowest BCUT2D eigenvalue weighted by molar-refractivity contribution is 0.0535. The molecular formula is C20H21N3O2S. The number of carbonyl (C=O) groups excluding carboxylic acids is 2. The summed E-state index contributed by atoms with van der Waals surface area (Å²) in [5.41, 5.74) is 2.65. The number of rotatable bonds is 2. The summed E-state index contributed by atoms with van der Waals surface area (Å²) < 4.78 is 0. The zero-order valence-electron chi connectivity index (χ0n) is 14.6. The summed E-state index contributed by atoms with van der Waals surface area (Å²) in [6.45, 7) is 2.24. The average Bonchev–Trinajstić information content (AvgIpc) is 2.73. The van der Waals surface area contributed by atoms with Crippen molar-refractivity contribution in [3.63, 3.8) is 0 Å². The average molecular weight is 367 g/mol. The predicted octanol–water partition coefficient (Wildman–Crippen LogP) is 2.72. The zero-order valence-corrected chi connectivity index (χ0v) is 15.4. The molecule has 1 aromatic carbocycles. The summed E-state index contributed by atoms with van der Waals surface area (Å²) >= 11 is 1.87. The van der Waals surface area contributed by atoms with E-state index in [1.807, 2.05) is 22.7 Å². The summed E-state index contributed by atoms with van der Waals surface area (Å²) in [4.78, 5) is 34.3. The van der Waals surface area contributed by atoms with Crippen LogP contribution in [0.25, 0.3) is 0 Å². The maximum atomic E-state index is 12.8. The Labute approximate surface area is 157 Å². The van der Waals surface area contributed by atoms with Crippen molar-refractivity contribution in [2.45, 2.75) is 17.7 Å². The van der Waals surface area contributed by atoms with Gasteiger partial charge in [0.15, 0.2) is 0 Å². The van der Waals surface area contributed by atoms with Crippen molar-refractivity contribution in [1.29, 1.82) is 0 Å². The van der Waals surface area contributed by atoms with Gasteiger partial charge in [-0.2, -0.15) is 0 Å². The number of aromatic nitrogens is 1. The van der Waals surface area contributed by atoms with E-state index in [9.17, 15) is 9.59 Å². The van der Waals surface area contributed by atoms with Gasteiger partial charge in [0.2, 0.25) is 0 Å². The van der Waals surface area contributed by atoms with Crippen molar-refractivity contribution in [3.8, 4) is 0 Å². The molecule has 0 aliphatic carbocycles. The van der Waals surface area contributed by atoms with E-state index < -0.39 is 0 Å². The molecule has 2 aromatic rings. The van der Waals surface area contributed by atoms with E-state index in [2.05, 4.69) is 17.1 Å². The summed E-state index contributed by atoms with van der Waals surface area (Å²) in [7, 11) is 0. The largest absolute Gasteiger partial charge is 0.335 e. The van der Waals surface area contributed by atoms with Crippen molar-refractivity contribution in [2.24, 2.45) is 0 Å². The lowest BCUT2D eigenvalue weighted by Crippen LogP contribution is -2.50. The number of carbonyl (C=O) groups is 2. The SMILES string of the molecule is O=C(c1cccnc1)N1CCN(C(=O)c2ccc3c(c2)CCCS3)CC1. The molecule has 1 saturated heterocycles. The van der Waals surface area contributed by atoms with Gasteiger partial charge in [-0.05, 0) is 54.5 Å². The summed E-state index contributed by atoms with van der Waals surface area (Å²) in [5, 5.41) is 0. The second-order valence-electron chi connectivity index (χ2n) is 6.60. The molecule has 0 N–H and O–H groups in total. The normalized spacial score (nSPS) is 16.9. The van der Waals surface area contributed by atoms with Crippen LogP contribution in [0, 0.1) is 0 Å². The Hall–Kier alpha value is -2.34. The van der Waals surface area contributed by atoms with Crippen molar-refractivity contribution in [1.82, 2.24) is 14.8 Å². The standard InChI is InChI=1S/C20H21N3O2S/c24-19(16-5-6-18-15(13-16)4-2-12-26-18)22-8-10-23(11-9-22)20(25)17-3-1-7-21-14-17/h1,3,5-7,13-14H,2,4,8-12H2. The fourth-order valence-electron chi connectivity index (χ4n) is 3.46. The first kappa shape index (κ1) is 17.1. The quantitative estimate of drug-likeness (QED) is 0.819. The van der Waals surface area contributed by atoms with Crippen LogP contribution >= 0.6 is 11.8 Å². The van der Waals surface area contributed by atoms with Crippen LogP contribution in [0.4, 0.5) is 0 Å². The maximum absolute atomic E-state index is 12.8. The van der Waals surface area contributed by atoms with Gasteiger partial charge in [0.1, 0.15) is 0 Å². The molecule has 5 nitrogen and oxygen atoms in total. The molecule has 26 heavy (non-hydrogen) atoms. The predicted molar refractivity (Wildman–Crippen MR) is 102 cm³/mol. The molecule has 134 valence electrons.